The highest BCUT2D eigenvalue weighted by Crippen LogP contribution is 2.25. The largest absolute Gasteiger partial charge is 0.478 e. The Morgan fingerprint density at radius 3 is 2.38 bits per heavy atom. The first-order valence-electron chi connectivity index (χ1n) is 8.84. The molecule has 0 aliphatic rings. The van der Waals surface area contributed by atoms with Gasteiger partial charge in [-0.05, 0) is 61.6 Å². The van der Waals surface area contributed by atoms with Gasteiger partial charge in [0, 0.05) is 6.54 Å². The van der Waals surface area contributed by atoms with Gasteiger partial charge in [-0.3, -0.25) is 4.90 Å². The molecule has 24 heavy (non-hydrogen) atoms. The summed E-state index contributed by atoms with van der Waals surface area (Å²) in [5, 5.41) is 0. The maximum Gasteiger partial charge on any atom is 0.142 e. The summed E-state index contributed by atoms with van der Waals surface area (Å²) in [5.74, 6) is 0.978. The van der Waals surface area contributed by atoms with E-state index in [-0.39, 0.29) is 0 Å². The Balaban J connectivity index is 1.92. The Labute approximate surface area is 148 Å². The van der Waals surface area contributed by atoms with E-state index in [2.05, 4.69) is 68.1 Å². The molecule has 0 aliphatic carbocycles. The molecule has 0 heterocycles. The summed E-state index contributed by atoms with van der Waals surface area (Å²) in [7, 11) is 5.68. The van der Waals surface area contributed by atoms with Gasteiger partial charge in [0.05, 0.1) is 7.85 Å². The molecule has 0 bridgehead atoms. The highest BCUT2D eigenvalue weighted by molar-refractivity contribution is 6.08. The van der Waals surface area contributed by atoms with Gasteiger partial charge in [-0.25, -0.2) is 0 Å². The molecule has 0 aliphatic heterocycles. The van der Waals surface area contributed by atoms with Crippen LogP contribution in [0, 0.1) is 13.8 Å². The predicted octanol–water partition coefficient (Wildman–Crippen LogP) is 4.33. The number of likely N-dealkylation sites (N-methyl/N-ethyl adjacent to an activating group) is 1. The van der Waals surface area contributed by atoms with Gasteiger partial charge in [-0.15, -0.1) is 0 Å². The summed E-state index contributed by atoms with van der Waals surface area (Å²) in [6, 6.07) is 14.8. The van der Waals surface area contributed by atoms with Crippen LogP contribution < -0.4 is 4.74 Å². The second-order valence-electron chi connectivity index (χ2n) is 6.23. The van der Waals surface area contributed by atoms with Crippen molar-refractivity contribution in [3.63, 3.8) is 0 Å². The van der Waals surface area contributed by atoms with Gasteiger partial charge < -0.3 is 4.74 Å². The molecule has 0 spiro atoms. The van der Waals surface area contributed by atoms with E-state index in [1.807, 2.05) is 0 Å². The topological polar surface area (TPSA) is 12.5 Å². The molecular weight excluding hydrogens is 293 g/mol. The summed E-state index contributed by atoms with van der Waals surface area (Å²) in [4.78, 5) is 2.33. The average Bonchev–Trinajstić information content (AvgIpc) is 2.61. The monoisotopic (exact) mass is 321 g/mol. The van der Waals surface area contributed by atoms with E-state index in [0.29, 0.717) is 13.1 Å². The fraction of sp³-hybridized carbons (Fsp3) is 0.429. The highest BCUT2D eigenvalue weighted by Gasteiger charge is 2.09. The molecule has 0 amide bonds. The van der Waals surface area contributed by atoms with Crippen molar-refractivity contribution in [2.75, 3.05) is 19.8 Å². The molecule has 2 aromatic carbocycles. The number of aryl methyl sites for hydroxylation is 1. The first-order valence-corrected chi connectivity index (χ1v) is 8.84. The summed E-state index contributed by atoms with van der Waals surface area (Å²) in [6.45, 7) is 9.07. The molecule has 126 valence electrons. The van der Waals surface area contributed by atoms with Gasteiger partial charge in [0.1, 0.15) is 12.5 Å². The van der Waals surface area contributed by atoms with Crippen molar-refractivity contribution in [1.82, 2.24) is 4.90 Å². The van der Waals surface area contributed by atoms with Gasteiger partial charge in [0.25, 0.3) is 0 Å². The van der Waals surface area contributed by atoms with E-state index < -0.39 is 0 Å². The Bertz CT molecular complexity index is 627. The summed E-state index contributed by atoms with van der Waals surface area (Å²) < 4.78 is 6.09. The third-order valence-electron chi connectivity index (χ3n) is 4.67. The molecule has 0 aromatic heterocycles. The lowest BCUT2D eigenvalue weighted by Gasteiger charge is -2.22. The Morgan fingerprint density at radius 2 is 1.71 bits per heavy atom. The third kappa shape index (κ3) is 5.14. The molecule has 0 saturated carbocycles. The second-order valence-corrected chi connectivity index (χ2v) is 6.23. The van der Waals surface area contributed by atoms with Crippen molar-refractivity contribution in [2.24, 2.45) is 0 Å². The smallest absolute Gasteiger partial charge is 0.142 e. The van der Waals surface area contributed by atoms with Gasteiger partial charge >= 0.3 is 0 Å². The SMILES string of the molecule is [B]CCc1ccc(OCN(CC)CCc2ccccc2)c(C)c1C. The lowest BCUT2D eigenvalue weighted by atomic mass is 9.93. The van der Waals surface area contributed by atoms with Crippen LogP contribution >= 0.6 is 0 Å². The molecule has 2 aromatic rings. The van der Waals surface area contributed by atoms with Crippen molar-refractivity contribution >= 4 is 7.85 Å². The Kier molecular flexibility index (Phi) is 7.39. The minimum Gasteiger partial charge on any atom is -0.478 e. The van der Waals surface area contributed by atoms with E-state index in [1.54, 1.807) is 0 Å². The average molecular weight is 321 g/mol. The normalized spacial score (nSPS) is 11.0. The van der Waals surface area contributed by atoms with Crippen LogP contribution in [0.25, 0.3) is 0 Å². The standard InChI is InChI=1S/C21H28BNO/c1-4-23(15-13-19-8-6-5-7-9-19)16-24-21-11-10-20(12-14-22)17(2)18(21)3/h5-11H,4,12-16H2,1-3H3. The van der Waals surface area contributed by atoms with Crippen molar-refractivity contribution < 1.29 is 4.74 Å². The van der Waals surface area contributed by atoms with E-state index in [1.165, 1.54) is 22.3 Å². The van der Waals surface area contributed by atoms with Crippen LogP contribution in [0.3, 0.4) is 0 Å². The summed E-state index contributed by atoms with van der Waals surface area (Å²) in [5.41, 5.74) is 5.21. The molecule has 0 saturated heterocycles. The quantitative estimate of drug-likeness (QED) is 0.503. The molecule has 2 rings (SSSR count). The first kappa shape index (κ1) is 18.6. The second kappa shape index (κ2) is 9.53. The van der Waals surface area contributed by atoms with E-state index in [9.17, 15) is 0 Å². The molecule has 0 unspecified atom stereocenters. The predicted molar refractivity (Wildman–Crippen MR) is 103 cm³/mol. The fourth-order valence-electron chi connectivity index (χ4n) is 2.84. The minimum atomic E-state index is 0.625. The van der Waals surface area contributed by atoms with Crippen molar-refractivity contribution in [3.05, 3.63) is 64.7 Å². The lowest BCUT2D eigenvalue weighted by Crippen LogP contribution is -2.30. The fourth-order valence-corrected chi connectivity index (χ4v) is 2.84. The number of hydrogen-bond acceptors (Lipinski definition) is 2. The summed E-state index contributed by atoms with van der Waals surface area (Å²) >= 11 is 0. The maximum atomic E-state index is 6.09. The molecule has 0 N–H and O–H groups in total. The summed E-state index contributed by atoms with van der Waals surface area (Å²) in [6.07, 6.45) is 2.65. The van der Waals surface area contributed by atoms with Crippen LogP contribution in [0.5, 0.6) is 5.75 Å². The minimum absolute atomic E-state index is 0.625. The third-order valence-corrected chi connectivity index (χ3v) is 4.67. The van der Waals surface area contributed by atoms with Crippen molar-refractivity contribution in [1.29, 1.82) is 0 Å². The molecule has 2 nitrogen and oxygen atoms in total. The first-order chi connectivity index (χ1) is 11.7. The molecular formula is C21H28BNO. The van der Waals surface area contributed by atoms with Gasteiger partial charge in [-0.1, -0.05) is 49.6 Å². The van der Waals surface area contributed by atoms with Crippen LogP contribution in [0.4, 0.5) is 0 Å². The van der Waals surface area contributed by atoms with Crippen LogP contribution in [-0.4, -0.2) is 32.6 Å². The number of rotatable bonds is 9. The number of hydrogen-bond donors (Lipinski definition) is 0. The molecule has 3 heteroatoms. The van der Waals surface area contributed by atoms with Gasteiger partial charge in [0.2, 0.25) is 0 Å². The zero-order valence-electron chi connectivity index (χ0n) is 15.2. The Morgan fingerprint density at radius 1 is 0.958 bits per heavy atom. The number of nitrogens with zero attached hydrogens (tertiary/aromatic N) is 1. The van der Waals surface area contributed by atoms with E-state index >= 15 is 0 Å². The zero-order valence-corrected chi connectivity index (χ0v) is 15.2. The van der Waals surface area contributed by atoms with Crippen LogP contribution in [0.2, 0.25) is 6.32 Å². The van der Waals surface area contributed by atoms with Crippen LogP contribution in [0.15, 0.2) is 42.5 Å². The van der Waals surface area contributed by atoms with E-state index in [0.717, 1.165) is 31.7 Å². The van der Waals surface area contributed by atoms with Gasteiger partial charge in [-0.2, -0.15) is 0 Å². The molecule has 0 fully saturated rings. The maximum absolute atomic E-state index is 6.09. The van der Waals surface area contributed by atoms with Crippen LogP contribution in [0.1, 0.15) is 29.2 Å². The number of ether oxygens (including phenoxy) is 1. The lowest BCUT2D eigenvalue weighted by molar-refractivity contribution is 0.132. The van der Waals surface area contributed by atoms with Crippen molar-refractivity contribution in [2.45, 2.75) is 39.9 Å². The van der Waals surface area contributed by atoms with Gasteiger partial charge in [0.15, 0.2) is 0 Å². The van der Waals surface area contributed by atoms with Crippen LogP contribution in [-0.2, 0) is 12.8 Å². The zero-order chi connectivity index (χ0) is 17.4. The molecule has 0 atom stereocenters. The highest BCUT2D eigenvalue weighted by atomic mass is 16.5. The van der Waals surface area contributed by atoms with E-state index in [4.69, 9.17) is 12.6 Å². The number of benzene rings is 2. The Hall–Kier alpha value is -1.74. The molecule has 2 radical (unpaired) electrons. The van der Waals surface area contributed by atoms with Crippen molar-refractivity contribution in [3.8, 4) is 5.75 Å².